The molecule has 2 aromatic carbocycles. The summed E-state index contributed by atoms with van der Waals surface area (Å²) < 4.78 is 24.0. The highest BCUT2D eigenvalue weighted by Crippen LogP contribution is 2.33. The lowest BCUT2D eigenvalue weighted by Gasteiger charge is -2.35. The van der Waals surface area contributed by atoms with Crippen LogP contribution in [-0.2, 0) is 16.2 Å². The predicted molar refractivity (Wildman–Crippen MR) is 91.2 cm³/mol. The first-order valence-electron chi connectivity index (χ1n) is 8.17. The number of amides is 1. The summed E-state index contributed by atoms with van der Waals surface area (Å²) in [4.78, 5) is 19.8. The highest BCUT2D eigenvalue weighted by molar-refractivity contribution is 6.10. The van der Waals surface area contributed by atoms with Gasteiger partial charge in [-0.3, -0.25) is 9.69 Å². The molecule has 0 atom stereocenters. The highest BCUT2D eigenvalue weighted by atomic mass is 19.1. The van der Waals surface area contributed by atoms with E-state index in [-0.39, 0.29) is 25.1 Å². The zero-order valence-electron chi connectivity index (χ0n) is 14.4. The third-order valence-corrected chi connectivity index (χ3v) is 4.26. The molecule has 0 aliphatic carbocycles. The molecule has 6 nitrogen and oxygen atoms in total. The van der Waals surface area contributed by atoms with Gasteiger partial charge in [-0.15, -0.1) is 0 Å². The summed E-state index contributed by atoms with van der Waals surface area (Å²) in [7, 11) is 0. The van der Waals surface area contributed by atoms with Gasteiger partial charge in [0.1, 0.15) is 5.82 Å². The number of oxime groups is 1. The minimum absolute atomic E-state index is 0.185. The number of ether oxygens (including phenoxy) is 2. The number of hydrogen-bond acceptors (Lipinski definition) is 5. The fourth-order valence-electron chi connectivity index (χ4n) is 2.84. The number of rotatable bonds is 3. The second kappa shape index (κ2) is 6.01. The molecule has 134 valence electrons. The number of hydrogen-bond donors (Lipinski definition) is 0. The topological polar surface area (TPSA) is 60.4 Å². The standard InChI is InChI=1S/C19H17FN2O4/c1-19(2)18(23)22(10-12-3-8-15-16(9-12)25-11-24-15)17(21-26-19)13-4-6-14(20)7-5-13/h3-9H,10-11H2,1-2H3. The van der Waals surface area contributed by atoms with Gasteiger partial charge in [0, 0.05) is 5.56 Å². The molecule has 2 aliphatic heterocycles. The van der Waals surface area contributed by atoms with Crippen LogP contribution in [0.1, 0.15) is 25.0 Å². The molecule has 1 amide bonds. The Morgan fingerprint density at radius 2 is 1.85 bits per heavy atom. The first kappa shape index (κ1) is 16.4. The Morgan fingerprint density at radius 1 is 1.12 bits per heavy atom. The van der Waals surface area contributed by atoms with E-state index in [4.69, 9.17) is 14.3 Å². The van der Waals surface area contributed by atoms with Gasteiger partial charge in [-0.2, -0.15) is 0 Å². The van der Waals surface area contributed by atoms with Gasteiger partial charge in [-0.1, -0.05) is 11.2 Å². The fraction of sp³-hybridized carbons (Fsp3) is 0.263. The van der Waals surface area contributed by atoms with Crippen LogP contribution in [0.2, 0.25) is 0 Å². The lowest BCUT2D eigenvalue weighted by molar-refractivity contribution is -0.154. The summed E-state index contributed by atoms with van der Waals surface area (Å²) in [6.45, 7) is 3.78. The molecule has 0 saturated heterocycles. The van der Waals surface area contributed by atoms with E-state index >= 15 is 0 Å². The molecule has 4 rings (SSSR count). The Morgan fingerprint density at radius 3 is 2.62 bits per heavy atom. The molecule has 0 bridgehead atoms. The number of nitrogens with zero attached hydrogens (tertiary/aromatic N) is 2. The van der Waals surface area contributed by atoms with Crippen LogP contribution in [0.5, 0.6) is 11.5 Å². The van der Waals surface area contributed by atoms with Crippen molar-refractivity contribution >= 4 is 11.7 Å². The monoisotopic (exact) mass is 356 g/mol. The summed E-state index contributed by atoms with van der Waals surface area (Å²) in [6, 6.07) is 11.3. The van der Waals surface area contributed by atoms with Crippen LogP contribution in [0.15, 0.2) is 47.6 Å². The molecule has 0 spiro atoms. The van der Waals surface area contributed by atoms with Gasteiger partial charge < -0.3 is 14.3 Å². The SMILES string of the molecule is CC1(C)ON=C(c2ccc(F)cc2)N(Cc2ccc3c(c2)OCO3)C1=O. The minimum Gasteiger partial charge on any atom is -0.454 e. The van der Waals surface area contributed by atoms with E-state index in [1.807, 2.05) is 18.2 Å². The van der Waals surface area contributed by atoms with Gasteiger partial charge in [0.2, 0.25) is 12.4 Å². The number of halogens is 1. The lowest BCUT2D eigenvalue weighted by atomic mass is 10.0. The lowest BCUT2D eigenvalue weighted by Crippen LogP contribution is -2.52. The van der Waals surface area contributed by atoms with Crippen LogP contribution in [0.25, 0.3) is 0 Å². The van der Waals surface area contributed by atoms with Crippen molar-refractivity contribution in [2.45, 2.75) is 26.0 Å². The van der Waals surface area contributed by atoms with Gasteiger partial charge >= 0.3 is 0 Å². The molecule has 0 fully saturated rings. The Bertz CT molecular complexity index is 893. The molecule has 7 heteroatoms. The van der Waals surface area contributed by atoms with Crippen LogP contribution in [-0.4, -0.2) is 29.0 Å². The van der Waals surface area contributed by atoms with Crippen molar-refractivity contribution in [1.82, 2.24) is 4.90 Å². The van der Waals surface area contributed by atoms with Crippen molar-refractivity contribution in [3.63, 3.8) is 0 Å². The summed E-state index contributed by atoms with van der Waals surface area (Å²) in [6.07, 6.45) is 0. The predicted octanol–water partition coefficient (Wildman–Crippen LogP) is 3.05. The third-order valence-electron chi connectivity index (χ3n) is 4.26. The molecular weight excluding hydrogens is 339 g/mol. The number of fused-ring (bicyclic) bond motifs is 1. The first-order chi connectivity index (χ1) is 12.4. The van der Waals surface area contributed by atoms with Crippen molar-refractivity contribution in [2.24, 2.45) is 5.16 Å². The summed E-state index contributed by atoms with van der Waals surface area (Å²) in [5, 5.41) is 4.13. The zero-order valence-corrected chi connectivity index (χ0v) is 14.4. The maximum atomic E-state index is 13.2. The first-order valence-corrected chi connectivity index (χ1v) is 8.17. The zero-order chi connectivity index (χ0) is 18.3. The molecule has 0 aromatic heterocycles. The Kier molecular flexibility index (Phi) is 3.79. The largest absolute Gasteiger partial charge is 0.454 e. The quantitative estimate of drug-likeness (QED) is 0.848. The normalized spacial score (nSPS) is 17.7. The van der Waals surface area contributed by atoms with Gasteiger partial charge in [0.05, 0.1) is 6.54 Å². The van der Waals surface area contributed by atoms with Crippen LogP contribution in [0.4, 0.5) is 4.39 Å². The number of amidine groups is 1. The molecule has 0 saturated carbocycles. The van der Waals surface area contributed by atoms with Crippen molar-refractivity contribution in [3.05, 3.63) is 59.4 Å². The van der Waals surface area contributed by atoms with E-state index in [1.54, 1.807) is 26.0 Å². The Balaban J connectivity index is 1.69. The number of benzene rings is 2. The van der Waals surface area contributed by atoms with Gasteiger partial charge in [-0.25, -0.2) is 4.39 Å². The number of carbonyl (C=O) groups excluding carboxylic acids is 1. The Labute approximate surface area is 149 Å². The second-order valence-electron chi connectivity index (χ2n) is 6.60. The van der Waals surface area contributed by atoms with Gasteiger partial charge in [0.15, 0.2) is 17.3 Å². The maximum Gasteiger partial charge on any atom is 0.275 e. The van der Waals surface area contributed by atoms with E-state index in [0.717, 1.165) is 5.56 Å². The molecule has 2 aliphatic rings. The summed E-state index contributed by atoms with van der Waals surface area (Å²) in [5.41, 5.74) is 0.367. The third kappa shape index (κ3) is 2.85. The average Bonchev–Trinajstić information content (AvgIpc) is 3.08. The van der Waals surface area contributed by atoms with Gasteiger partial charge in [-0.05, 0) is 55.8 Å². The highest BCUT2D eigenvalue weighted by Gasteiger charge is 2.41. The van der Waals surface area contributed by atoms with Gasteiger partial charge in [0.25, 0.3) is 5.91 Å². The van der Waals surface area contributed by atoms with E-state index in [1.165, 1.54) is 17.0 Å². The van der Waals surface area contributed by atoms with Crippen LogP contribution in [0.3, 0.4) is 0 Å². The fourth-order valence-corrected chi connectivity index (χ4v) is 2.84. The maximum absolute atomic E-state index is 13.2. The van der Waals surface area contributed by atoms with Crippen molar-refractivity contribution < 1.29 is 23.5 Å². The summed E-state index contributed by atoms with van der Waals surface area (Å²) in [5.74, 6) is 1.06. The molecule has 2 heterocycles. The molecule has 0 N–H and O–H groups in total. The van der Waals surface area contributed by atoms with Crippen molar-refractivity contribution in [2.75, 3.05) is 6.79 Å². The van der Waals surface area contributed by atoms with E-state index in [0.29, 0.717) is 22.9 Å². The smallest absolute Gasteiger partial charge is 0.275 e. The van der Waals surface area contributed by atoms with Crippen LogP contribution in [0, 0.1) is 5.82 Å². The van der Waals surface area contributed by atoms with Crippen molar-refractivity contribution in [1.29, 1.82) is 0 Å². The van der Waals surface area contributed by atoms with E-state index in [9.17, 15) is 9.18 Å². The Hall–Kier alpha value is -3.09. The van der Waals surface area contributed by atoms with Crippen LogP contribution >= 0.6 is 0 Å². The van der Waals surface area contributed by atoms with E-state index < -0.39 is 5.60 Å². The molecular formula is C19H17FN2O4. The molecule has 0 radical (unpaired) electrons. The minimum atomic E-state index is -1.08. The number of carbonyl (C=O) groups is 1. The molecule has 0 unspecified atom stereocenters. The molecule has 26 heavy (non-hydrogen) atoms. The average molecular weight is 356 g/mol. The second-order valence-corrected chi connectivity index (χ2v) is 6.60. The van der Waals surface area contributed by atoms with E-state index in [2.05, 4.69) is 5.16 Å². The van der Waals surface area contributed by atoms with Crippen LogP contribution < -0.4 is 9.47 Å². The molecule has 2 aromatic rings. The van der Waals surface area contributed by atoms with Crippen molar-refractivity contribution in [3.8, 4) is 11.5 Å². The summed E-state index contributed by atoms with van der Waals surface area (Å²) >= 11 is 0.